The highest BCUT2D eigenvalue weighted by molar-refractivity contribution is 6.01. The number of aryl methyl sites for hydroxylation is 1. The third kappa shape index (κ3) is 3.44. The number of hydrogen-bond donors (Lipinski definition) is 1. The molecule has 0 unspecified atom stereocenters. The molecule has 120 valence electrons. The SMILES string of the molecule is Cc1ccc([C@@H](C(=O)c2ccccc2)[C@@H](O)c2ccccc2)cc1. The Hall–Kier alpha value is -2.71. The number of rotatable bonds is 5. The molecule has 3 aromatic carbocycles. The van der Waals surface area contributed by atoms with Crippen LogP contribution in [0, 0.1) is 6.92 Å². The number of hydrogen-bond acceptors (Lipinski definition) is 2. The van der Waals surface area contributed by atoms with E-state index in [1.165, 1.54) is 0 Å². The molecule has 0 heterocycles. The molecular formula is C22H20O2. The first kappa shape index (κ1) is 16.2. The maximum absolute atomic E-state index is 13.1. The van der Waals surface area contributed by atoms with E-state index in [9.17, 15) is 9.90 Å². The molecule has 0 saturated heterocycles. The van der Waals surface area contributed by atoms with E-state index in [1.54, 1.807) is 12.1 Å². The number of carbonyl (C=O) groups is 1. The Morgan fingerprint density at radius 3 is 1.88 bits per heavy atom. The summed E-state index contributed by atoms with van der Waals surface area (Å²) in [5.74, 6) is -0.703. The Morgan fingerprint density at radius 2 is 1.29 bits per heavy atom. The van der Waals surface area contributed by atoms with Crippen molar-refractivity contribution in [3.05, 3.63) is 107 Å². The van der Waals surface area contributed by atoms with E-state index in [1.807, 2.05) is 79.7 Å². The number of benzene rings is 3. The van der Waals surface area contributed by atoms with Crippen molar-refractivity contribution >= 4 is 5.78 Å². The normalized spacial score (nSPS) is 13.2. The number of carbonyl (C=O) groups excluding carboxylic acids is 1. The van der Waals surface area contributed by atoms with Crippen molar-refractivity contribution in [3.63, 3.8) is 0 Å². The minimum Gasteiger partial charge on any atom is -0.387 e. The van der Waals surface area contributed by atoms with Crippen LogP contribution in [0.4, 0.5) is 0 Å². The summed E-state index contributed by atoms with van der Waals surface area (Å²) in [6.07, 6.45) is -0.887. The average molecular weight is 316 g/mol. The Morgan fingerprint density at radius 1 is 0.750 bits per heavy atom. The van der Waals surface area contributed by atoms with Gasteiger partial charge in [0.1, 0.15) is 0 Å². The fourth-order valence-electron chi connectivity index (χ4n) is 2.88. The van der Waals surface area contributed by atoms with Crippen LogP contribution in [0.5, 0.6) is 0 Å². The number of aliphatic hydroxyl groups is 1. The molecule has 0 aromatic heterocycles. The lowest BCUT2D eigenvalue weighted by molar-refractivity contribution is 0.0810. The quantitative estimate of drug-likeness (QED) is 0.693. The highest BCUT2D eigenvalue weighted by Crippen LogP contribution is 2.34. The lowest BCUT2D eigenvalue weighted by Crippen LogP contribution is -2.21. The zero-order chi connectivity index (χ0) is 16.9. The van der Waals surface area contributed by atoms with Crippen LogP contribution >= 0.6 is 0 Å². The summed E-state index contributed by atoms with van der Waals surface area (Å²) in [6.45, 7) is 2.01. The van der Waals surface area contributed by atoms with Crippen molar-refractivity contribution in [2.75, 3.05) is 0 Å². The Labute approximate surface area is 142 Å². The van der Waals surface area contributed by atoms with E-state index < -0.39 is 12.0 Å². The second-order valence-electron chi connectivity index (χ2n) is 5.97. The zero-order valence-electron chi connectivity index (χ0n) is 13.6. The fraction of sp³-hybridized carbons (Fsp3) is 0.136. The first-order valence-electron chi connectivity index (χ1n) is 8.05. The van der Waals surface area contributed by atoms with Crippen molar-refractivity contribution in [1.29, 1.82) is 0 Å². The molecule has 0 aliphatic carbocycles. The lowest BCUT2D eigenvalue weighted by Gasteiger charge is -2.23. The molecule has 3 rings (SSSR count). The predicted octanol–water partition coefficient (Wildman–Crippen LogP) is 4.70. The van der Waals surface area contributed by atoms with E-state index in [2.05, 4.69) is 0 Å². The lowest BCUT2D eigenvalue weighted by atomic mass is 9.83. The van der Waals surface area contributed by atoms with E-state index in [0.717, 1.165) is 16.7 Å². The van der Waals surface area contributed by atoms with Gasteiger partial charge in [0, 0.05) is 5.56 Å². The van der Waals surface area contributed by atoms with Crippen LogP contribution in [-0.4, -0.2) is 10.9 Å². The van der Waals surface area contributed by atoms with Crippen LogP contribution in [-0.2, 0) is 0 Å². The van der Waals surface area contributed by atoms with E-state index in [-0.39, 0.29) is 5.78 Å². The van der Waals surface area contributed by atoms with Gasteiger partial charge in [0.15, 0.2) is 5.78 Å². The van der Waals surface area contributed by atoms with Gasteiger partial charge in [-0.2, -0.15) is 0 Å². The molecular weight excluding hydrogens is 296 g/mol. The summed E-state index contributed by atoms with van der Waals surface area (Å²) in [4.78, 5) is 13.1. The molecule has 3 aromatic rings. The molecule has 0 saturated carbocycles. The summed E-state index contributed by atoms with van der Waals surface area (Å²) in [6, 6.07) is 26.3. The summed E-state index contributed by atoms with van der Waals surface area (Å²) >= 11 is 0. The highest BCUT2D eigenvalue weighted by atomic mass is 16.3. The molecule has 0 aliphatic rings. The number of Topliss-reactive ketones (excluding diaryl/α,β-unsaturated/α-hetero) is 1. The molecule has 0 amide bonds. The van der Waals surface area contributed by atoms with Gasteiger partial charge < -0.3 is 5.11 Å². The molecule has 0 radical (unpaired) electrons. The summed E-state index contributed by atoms with van der Waals surface area (Å²) in [5.41, 5.74) is 3.30. The first-order valence-corrected chi connectivity index (χ1v) is 8.05. The van der Waals surface area contributed by atoms with Gasteiger partial charge in [-0.25, -0.2) is 0 Å². The summed E-state index contributed by atoms with van der Waals surface area (Å²) in [5, 5.41) is 10.9. The molecule has 2 nitrogen and oxygen atoms in total. The van der Waals surface area contributed by atoms with Crippen molar-refractivity contribution in [2.24, 2.45) is 0 Å². The monoisotopic (exact) mass is 316 g/mol. The topological polar surface area (TPSA) is 37.3 Å². The Bertz CT molecular complexity index is 792. The molecule has 0 spiro atoms. The van der Waals surface area contributed by atoms with E-state index in [4.69, 9.17) is 0 Å². The molecule has 0 fully saturated rings. The molecule has 2 heteroatoms. The van der Waals surface area contributed by atoms with Gasteiger partial charge in [-0.15, -0.1) is 0 Å². The maximum Gasteiger partial charge on any atom is 0.173 e. The standard InChI is InChI=1S/C22H20O2/c1-16-12-14-17(15-13-16)20(21(23)18-8-4-2-5-9-18)22(24)19-10-6-3-7-11-19/h2-15,20-21,23H,1H3/t20-,21+/m1/s1. The van der Waals surface area contributed by atoms with Gasteiger partial charge in [-0.3, -0.25) is 4.79 Å². The molecule has 1 N–H and O–H groups in total. The van der Waals surface area contributed by atoms with Gasteiger partial charge in [0.25, 0.3) is 0 Å². The van der Waals surface area contributed by atoms with Crippen molar-refractivity contribution in [3.8, 4) is 0 Å². The molecule has 24 heavy (non-hydrogen) atoms. The van der Waals surface area contributed by atoms with Crippen LogP contribution in [0.25, 0.3) is 0 Å². The van der Waals surface area contributed by atoms with Crippen LogP contribution in [0.1, 0.15) is 39.1 Å². The molecule has 0 aliphatic heterocycles. The number of aliphatic hydroxyl groups excluding tert-OH is 1. The van der Waals surface area contributed by atoms with Gasteiger partial charge in [-0.05, 0) is 18.1 Å². The molecule has 2 atom stereocenters. The third-order valence-corrected chi connectivity index (χ3v) is 4.23. The summed E-state index contributed by atoms with van der Waals surface area (Å²) < 4.78 is 0. The van der Waals surface area contributed by atoms with Gasteiger partial charge in [-0.1, -0.05) is 90.5 Å². The van der Waals surface area contributed by atoms with Crippen LogP contribution in [0.2, 0.25) is 0 Å². The minimum absolute atomic E-state index is 0.0733. The first-order chi connectivity index (χ1) is 11.7. The average Bonchev–Trinajstić information content (AvgIpc) is 2.64. The smallest absolute Gasteiger partial charge is 0.173 e. The van der Waals surface area contributed by atoms with E-state index in [0.29, 0.717) is 5.56 Å². The van der Waals surface area contributed by atoms with Crippen molar-refractivity contribution in [2.45, 2.75) is 18.9 Å². The van der Waals surface area contributed by atoms with Gasteiger partial charge in [0.05, 0.1) is 12.0 Å². The van der Waals surface area contributed by atoms with Crippen molar-refractivity contribution < 1.29 is 9.90 Å². The predicted molar refractivity (Wildman–Crippen MR) is 96.1 cm³/mol. The van der Waals surface area contributed by atoms with E-state index >= 15 is 0 Å². The molecule has 0 bridgehead atoms. The van der Waals surface area contributed by atoms with Gasteiger partial charge >= 0.3 is 0 Å². The Kier molecular flexibility index (Phi) is 4.88. The van der Waals surface area contributed by atoms with Crippen LogP contribution < -0.4 is 0 Å². The Balaban J connectivity index is 2.04. The second-order valence-corrected chi connectivity index (χ2v) is 5.97. The van der Waals surface area contributed by atoms with Crippen LogP contribution in [0.3, 0.4) is 0 Å². The minimum atomic E-state index is -0.887. The fourth-order valence-corrected chi connectivity index (χ4v) is 2.88. The third-order valence-electron chi connectivity index (χ3n) is 4.23. The van der Waals surface area contributed by atoms with Crippen molar-refractivity contribution in [1.82, 2.24) is 0 Å². The largest absolute Gasteiger partial charge is 0.387 e. The number of ketones is 1. The summed E-state index contributed by atoms with van der Waals surface area (Å²) in [7, 11) is 0. The van der Waals surface area contributed by atoms with Gasteiger partial charge in [0.2, 0.25) is 0 Å². The maximum atomic E-state index is 13.1. The highest BCUT2D eigenvalue weighted by Gasteiger charge is 2.30. The van der Waals surface area contributed by atoms with Crippen LogP contribution in [0.15, 0.2) is 84.9 Å². The second kappa shape index (κ2) is 7.24. The zero-order valence-corrected chi connectivity index (χ0v) is 13.6.